The molecule has 2 aromatic carbocycles. The summed E-state index contributed by atoms with van der Waals surface area (Å²) >= 11 is 1.84. The first-order valence-corrected chi connectivity index (χ1v) is 15.5. The van der Waals surface area contributed by atoms with Crippen molar-refractivity contribution in [2.24, 2.45) is 0 Å². The summed E-state index contributed by atoms with van der Waals surface area (Å²) in [7, 11) is 1.99. The summed E-state index contributed by atoms with van der Waals surface area (Å²) in [4.78, 5) is 7.63. The van der Waals surface area contributed by atoms with Crippen LogP contribution in [0, 0.1) is 0 Å². The van der Waals surface area contributed by atoms with E-state index >= 15 is 0 Å². The zero-order valence-electron chi connectivity index (χ0n) is 24.6. The third kappa shape index (κ3) is 6.99. The number of morpholine rings is 1. The Hall–Kier alpha value is -3.04. The molecular formula is C32H44N6OS. The number of anilines is 2. The molecule has 0 radical (unpaired) electrons. The van der Waals surface area contributed by atoms with E-state index < -0.39 is 0 Å². The van der Waals surface area contributed by atoms with Crippen molar-refractivity contribution in [2.75, 3.05) is 56.7 Å². The smallest absolute Gasteiger partial charge is 0.0951 e. The van der Waals surface area contributed by atoms with Crippen LogP contribution >= 0.6 is 11.3 Å². The summed E-state index contributed by atoms with van der Waals surface area (Å²) in [5, 5.41) is 16.7. The number of nitrogens with one attached hydrogen (secondary N) is 2. The summed E-state index contributed by atoms with van der Waals surface area (Å²) in [5.41, 5.74) is 5.79. The van der Waals surface area contributed by atoms with Gasteiger partial charge in [-0.15, -0.1) is 11.3 Å². The Morgan fingerprint density at radius 1 is 0.975 bits per heavy atom. The number of piperazine rings is 1. The van der Waals surface area contributed by atoms with Crippen molar-refractivity contribution >= 4 is 33.6 Å². The summed E-state index contributed by atoms with van der Waals surface area (Å²) in [6, 6.07) is 20.1. The van der Waals surface area contributed by atoms with Gasteiger partial charge in [-0.2, -0.15) is 10.2 Å². The Morgan fingerprint density at radius 3 is 2.67 bits per heavy atom. The van der Waals surface area contributed by atoms with E-state index in [0.717, 1.165) is 69.1 Å². The monoisotopic (exact) mass is 560 g/mol. The number of aromatic nitrogens is 2. The van der Waals surface area contributed by atoms with E-state index in [1.165, 1.54) is 26.6 Å². The summed E-state index contributed by atoms with van der Waals surface area (Å²) in [6.45, 7) is 15.5. The molecule has 1 atom stereocenters. The van der Waals surface area contributed by atoms with Crippen LogP contribution in [0.1, 0.15) is 38.1 Å². The second kappa shape index (κ2) is 15.1. The minimum atomic E-state index is 0.475. The Balaban J connectivity index is 0.000000886. The van der Waals surface area contributed by atoms with Crippen LogP contribution in [-0.2, 0) is 17.8 Å². The molecule has 40 heavy (non-hydrogen) atoms. The minimum absolute atomic E-state index is 0.475. The van der Waals surface area contributed by atoms with E-state index in [4.69, 9.17) is 4.74 Å². The number of rotatable bonds is 7. The summed E-state index contributed by atoms with van der Waals surface area (Å²) in [6.07, 6.45) is 1.84. The van der Waals surface area contributed by atoms with Gasteiger partial charge in [0.2, 0.25) is 0 Å². The van der Waals surface area contributed by atoms with Crippen molar-refractivity contribution in [3.63, 3.8) is 0 Å². The van der Waals surface area contributed by atoms with E-state index in [2.05, 4.69) is 85.2 Å². The number of fused-ring (bicyclic) bond motifs is 2. The maximum atomic E-state index is 5.74. The SMILES string of the molecule is CC.CC.CNCc1ccccc1-c1ccc(CNc2cnnc3ccc(N4CCN5CCOCC5C4)cc23)s1. The number of ether oxygens (including phenoxy) is 1. The van der Waals surface area contributed by atoms with E-state index in [1.807, 2.05) is 52.3 Å². The highest BCUT2D eigenvalue weighted by atomic mass is 32.1. The molecule has 0 amide bonds. The number of hydrogen-bond donors (Lipinski definition) is 2. The zero-order chi connectivity index (χ0) is 28.3. The van der Waals surface area contributed by atoms with Crippen molar-refractivity contribution in [1.29, 1.82) is 0 Å². The second-order valence-corrected chi connectivity index (χ2v) is 10.6. The first kappa shape index (κ1) is 29.9. The van der Waals surface area contributed by atoms with Crippen LogP contribution in [-0.4, -0.2) is 67.6 Å². The molecule has 0 spiro atoms. The van der Waals surface area contributed by atoms with E-state index in [9.17, 15) is 0 Å². The molecule has 6 rings (SSSR count). The molecule has 214 valence electrons. The van der Waals surface area contributed by atoms with Gasteiger partial charge < -0.3 is 20.3 Å². The third-order valence-corrected chi connectivity index (χ3v) is 8.31. The molecule has 4 aromatic rings. The highest BCUT2D eigenvalue weighted by molar-refractivity contribution is 7.15. The molecule has 8 heteroatoms. The fourth-order valence-corrected chi connectivity index (χ4v) is 6.28. The van der Waals surface area contributed by atoms with Crippen LogP contribution in [0.5, 0.6) is 0 Å². The van der Waals surface area contributed by atoms with Crippen LogP contribution in [0.15, 0.2) is 60.8 Å². The van der Waals surface area contributed by atoms with Crippen LogP contribution in [0.25, 0.3) is 21.3 Å². The predicted molar refractivity (Wildman–Crippen MR) is 170 cm³/mol. The third-order valence-electron chi connectivity index (χ3n) is 7.19. The van der Waals surface area contributed by atoms with Crippen LogP contribution in [0.4, 0.5) is 11.4 Å². The minimum Gasteiger partial charge on any atom is -0.378 e. The fraction of sp³-hybridized carbons (Fsp3) is 0.438. The maximum absolute atomic E-state index is 5.74. The van der Waals surface area contributed by atoms with Crippen LogP contribution < -0.4 is 15.5 Å². The normalized spacial score (nSPS) is 16.8. The van der Waals surface area contributed by atoms with Crippen LogP contribution in [0.3, 0.4) is 0 Å². The largest absolute Gasteiger partial charge is 0.378 e. The lowest BCUT2D eigenvalue weighted by Crippen LogP contribution is -2.58. The molecular weight excluding hydrogens is 516 g/mol. The predicted octanol–water partition coefficient (Wildman–Crippen LogP) is 6.26. The number of nitrogens with zero attached hydrogens (tertiary/aromatic N) is 4. The van der Waals surface area contributed by atoms with E-state index in [-0.39, 0.29) is 0 Å². The maximum Gasteiger partial charge on any atom is 0.0951 e. The molecule has 7 nitrogen and oxygen atoms in total. The molecule has 2 aliphatic rings. The van der Waals surface area contributed by atoms with Crippen molar-refractivity contribution in [1.82, 2.24) is 20.4 Å². The van der Waals surface area contributed by atoms with Crippen molar-refractivity contribution in [3.8, 4) is 10.4 Å². The van der Waals surface area contributed by atoms with Gasteiger partial charge in [-0.25, -0.2) is 0 Å². The Kier molecular flexibility index (Phi) is 11.3. The second-order valence-electron chi connectivity index (χ2n) is 9.48. The van der Waals surface area contributed by atoms with Gasteiger partial charge in [0.05, 0.1) is 36.7 Å². The first-order valence-electron chi connectivity index (χ1n) is 14.7. The number of benzene rings is 2. The average molecular weight is 561 g/mol. The van der Waals surface area contributed by atoms with Gasteiger partial charge >= 0.3 is 0 Å². The highest BCUT2D eigenvalue weighted by Gasteiger charge is 2.29. The topological polar surface area (TPSA) is 65.6 Å². The molecule has 2 N–H and O–H groups in total. The van der Waals surface area contributed by atoms with Gasteiger partial charge in [0.25, 0.3) is 0 Å². The fourth-order valence-electron chi connectivity index (χ4n) is 5.27. The number of hydrogen-bond acceptors (Lipinski definition) is 8. The zero-order valence-corrected chi connectivity index (χ0v) is 25.4. The van der Waals surface area contributed by atoms with Gasteiger partial charge in [0.1, 0.15) is 0 Å². The van der Waals surface area contributed by atoms with E-state index in [0.29, 0.717) is 6.04 Å². The average Bonchev–Trinajstić information content (AvgIpc) is 3.51. The Morgan fingerprint density at radius 2 is 1.82 bits per heavy atom. The van der Waals surface area contributed by atoms with Crippen molar-refractivity contribution < 1.29 is 4.74 Å². The Labute approximate surface area is 243 Å². The molecule has 0 saturated carbocycles. The Bertz CT molecular complexity index is 1340. The number of thiophene rings is 1. The van der Waals surface area contributed by atoms with Crippen molar-refractivity contribution in [2.45, 2.75) is 46.8 Å². The van der Waals surface area contributed by atoms with Gasteiger partial charge in [-0.3, -0.25) is 4.90 Å². The van der Waals surface area contributed by atoms with Gasteiger partial charge in [-0.05, 0) is 48.5 Å². The molecule has 2 aromatic heterocycles. The van der Waals surface area contributed by atoms with Crippen LogP contribution in [0.2, 0.25) is 0 Å². The molecule has 0 aliphatic carbocycles. The lowest BCUT2D eigenvalue weighted by atomic mass is 10.1. The standard InChI is InChI=1S/C28H32N6OS.2C2H6/c1-29-15-20-4-2-3-5-24(20)28-9-7-23(36-28)16-30-27-17-31-32-26-8-6-21(14-25(26)27)34-11-10-33-12-13-35-19-22(33)18-34;2*1-2/h2-9,14,17,22,29H,10-13,15-16,18-19H2,1H3,(H,30,32);2*1-2H3. The first-order chi connectivity index (χ1) is 19.8. The molecule has 2 fully saturated rings. The lowest BCUT2D eigenvalue weighted by molar-refractivity contribution is -0.0116. The van der Waals surface area contributed by atoms with Crippen molar-refractivity contribution in [3.05, 3.63) is 71.2 Å². The van der Waals surface area contributed by atoms with Gasteiger partial charge in [0.15, 0.2) is 0 Å². The van der Waals surface area contributed by atoms with Gasteiger partial charge in [0, 0.05) is 60.1 Å². The lowest BCUT2D eigenvalue weighted by Gasteiger charge is -2.44. The molecule has 4 heterocycles. The molecule has 0 bridgehead atoms. The highest BCUT2D eigenvalue weighted by Crippen LogP contribution is 2.32. The molecule has 1 unspecified atom stereocenters. The quantitative estimate of drug-likeness (QED) is 0.276. The van der Waals surface area contributed by atoms with Gasteiger partial charge in [-0.1, -0.05) is 52.0 Å². The molecule has 2 saturated heterocycles. The van der Waals surface area contributed by atoms with E-state index in [1.54, 1.807) is 0 Å². The molecule has 2 aliphatic heterocycles. The summed E-state index contributed by atoms with van der Waals surface area (Å²) < 4.78 is 5.74. The summed E-state index contributed by atoms with van der Waals surface area (Å²) in [5.74, 6) is 0.